The van der Waals surface area contributed by atoms with Crippen molar-refractivity contribution in [3.05, 3.63) is 28.2 Å². The van der Waals surface area contributed by atoms with Crippen LogP contribution in [0, 0.1) is 0 Å². The molecule has 0 aliphatic carbocycles. The van der Waals surface area contributed by atoms with Gasteiger partial charge in [-0.3, -0.25) is 4.90 Å². The molecular formula is C15H20BrClN2. The third-order valence-corrected chi connectivity index (χ3v) is 5.11. The fraction of sp³-hybridized carbons (Fsp3) is 0.600. The highest BCUT2D eigenvalue weighted by Gasteiger charge is 2.29. The molecule has 0 amide bonds. The summed E-state index contributed by atoms with van der Waals surface area (Å²) in [6, 6.07) is 7.24. The summed E-state index contributed by atoms with van der Waals surface area (Å²) < 4.78 is 1.12. The first-order chi connectivity index (χ1) is 9.28. The van der Waals surface area contributed by atoms with Gasteiger partial charge in [0.2, 0.25) is 0 Å². The highest BCUT2D eigenvalue weighted by molar-refractivity contribution is 9.10. The molecule has 0 aromatic heterocycles. The second kappa shape index (κ2) is 6.02. The van der Waals surface area contributed by atoms with E-state index in [1.54, 1.807) is 0 Å². The first-order valence-corrected chi connectivity index (χ1v) is 8.44. The van der Waals surface area contributed by atoms with Crippen LogP contribution in [0.2, 0.25) is 0 Å². The zero-order valence-corrected chi connectivity index (χ0v) is 13.5. The lowest BCUT2D eigenvalue weighted by Crippen LogP contribution is -2.36. The molecule has 0 bridgehead atoms. The van der Waals surface area contributed by atoms with Gasteiger partial charge in [0.05, 0.1) is 0 Å². The highest BCUT2D eigenvalue weighted by Crippen LogP contribution is 2.30. The van der Waals surface area contributed by atoms with Crippen LogP contribution in [0.1, 0.15) is 24.8 Å². The summed E-state index contributed by atoms with van der Waals surface area (Å²) >= 11 is 9.65. The van der Waals surface area contributed by atoms with Crippen molar-refractivity contribution in [3.63, 3.8) is 0 Å². The Morgan fingerprint density at radius 2 is 2.05 bits per heavy atom. The zero-order valence-electron chi connectivity index (χ0n) is 11.1. The van der Waals surface area contributed by atoms with Gasteiger partial charge in [-0.25, -0.2) is 0 Å². The Morgan fingerprint density at radius 1 is 1.21 bits per heavy atom. The van der Waals surface area contributed by atoms with Crippen molar-refractivity contribution >= 4 is 33.2 Å². The summed E-state index contributed by atoms with van der Waals surface area (Å²) in [7, 11) is 0. The average Bonchev–Trinajstić information content (AvgIpc) is 2.76. The van der Waals surface area contributed by atoms with Crippen LogP contribution in [0.5, 0.6) is 0 Å². The van der Waals surface area contributed by atoms with Crippen molar-refractivity contribution < 1.29 is 0 Å². The lowest BCUT2D eigenvalue weighted by molar-refractivity contribution is 0.273. The van der Waals surface area contributed by atoms with Crippen molar-refractivity contribution in [1.29, 1.82) is 0 Å². The molecule has 2 nitrogen and oxygen atoms in total. The Kier molecular flexibility index (Phi) is 4.35. The minimum Gasteiger partial charge on any atom is -0.370 e. The molecule has 2 aliphatic rings. The van der Waals surface area contributed by atoms with E-state index in [2.05, 4.69) is 43.9 Å². The monoisotopic (exact) mass is 342 g/mol. The molecule has 3 rings (SSSR count). The molecule has 0 spiro atoms. The third kappa shape index (κ3) is 2.93. The SMILES string of the molecule is ClCc1cc(Br)ccc1N1CCCN2CCCC2C1. The van der Waals surface area contributed by atoms with Crippen molar-refractivity contribution in [2.24, 2.45) is 0 Å². The fourth-order valence-corrected chi connectivity index (χ4v) is 4.02. The van der Waals surface area contributed by atoms with E-state index in [9.17, 15) is 0 Å². The van der Waals surface area contributed by atoms with E-state index in [4.69, 9.17) is 11.6 Å². The normalized spacial score (nSPS) is 24.3. The zero-order chi connectivity index (χ0) is 13.2. The molecule has 1 unspecified atom stereocenters. The van der Waals surface area contributed by atoms with Gasteiger partial charge < -0.3 is 4.90 Å². The summed E-state index contributed by atoms with van der Waals surface area (Å²) in [6.45, 7) is 4.86. The maximum atomic E-state index is 6.12. The fourth-order valence-electron chi connectivity index (χ4n) is 3.40. The van der Waals surface area contributed by atoms with Gasteiger partial charge in [-0.05, 0) is 49.6 Å². The first kappa shape index (κ1) is 13.7. The average molecular weight is 344 g/mol. The number of alkyl halides is 1. The van der Waals surface area contributed by atoms with Crippen LogP contribution in [0.15, 0.2) is 22.7 Å². The molecule has 1 aromatic carbocycles. The van der Waals surface area contributed by atoms with E-state index in [0.29, 0.717) is 5.88 Å². The van der Waals surface area contributed by atoms with Crippen LogP contribution in [0.4, 0.5) is 5.69 Å². The maximum absolute atomic E-state index is 6.12. The molecule has 1 aromatic rings. The van der Waals surface area contributed by atoms with E-state index >= 15 is 0 Å². The molecule has 0 saturated carbocycles. The number of anilines is 1. The lowest BCUT2D eigenvalue weighted by Gasteiger charge is -2.29. The Balaban J connectivity index is 1.84. The number of halogens is 2. The molecule has 2 aliphatic heterocycles. The molecule has 104 valence electrons. The molecule has 0 radical (unpaired) electrons. The summed E-state index contributed by atoms with van der Waals surface area (Å²) in [5.74, 6) is 0.583. The van der Waals surface area contributed by atoms with Crippen molar-refractivity contribution in [2.45, 2.75) is 31.2 Å². The number of rotatable bonds is 2. The summed E-state index contributed by atoms with van der Waals surface area (Å²) in [5.41, 5.74) is 2.56. The summed E-state index contributed by atoms with van der Waals surface area (Å²) in [6.07, 6.45) is 3.97. The van der Waals surface area contributed by atoms with Crippen LogP contribution >= 0.6 is 27.5 Å². The Hall–Kier alpha value is -0.250. The largest absolute Gasteiger partial charge is 0.370 e. The molecular weight excluding hydrogens is 324 g/mol. The molecule has 2 saturated heterocycles. The Bertz CT molecular complexity index is 452. The van der Waals surface area contributed by atoms with E-state index in [1.165, 1.54) is 43.6 Å². The molecule has 2 fully saturated rings. The van der Waals surface area contributed by atoms with Gasteiger partial charge in [0.1, 0.15) is 0 Å². The lowest BCUT2D eigenvalue weighted by atomic mass is 10.1. The van der Waals surface area contributed by atoms with Gasteiger partial charge in [-0.15, -0.1) is 11.6 Å². The third-order valence-electron chi connectivity index (χ3n) is 4.33. The number of hydrogen-bond acceptors (Lipinski definition) is 2. The number of benzene rings is 1. The van der Waals surface area contributed by atoms with E-state index < -0.39 is 0 Å². The molecule has 1 atom stereocenters. The van der Waals surface area contributed by atoms with Crippen LogP contribution in [-0.2, 0) is 5.88 Å². The predicted molar refractivity (Wildman–Crippen MR) is 85.1 cm³/mol. The van der Waals surface area contributed by atoms with Crippen molar-refractivity contribution in [3.8, 4) is 0 Å². The molecule has 2 heterocycles. The van der Waals surface area contributed by atoms with Gasteiger partial charge in [-0.2, -0.15) is 0 Å². The van der Waals surface area contributed by atoms with Gasteiger partial charge in [0, 0.05) is 41.7 Å². The summed E-state index contributed by atoms with van der Waals surface area (Å²) in [5, 5.41) is 0. The van der Waals surface area contributed by atoms with Gasteiger partial charge in [0.15, 0.2) is 0 Å². The van der Waals surface area contributed by atoms with Gasteiger partial charge in [-0.1, -0.05) is 15.9 Å². The predicted octanol–water partition coefficient (Wildman–Crippen LogP) is 3.86. The van der Waals surface area contributed by atoms with Crippen LogP contribution in [0.3, 0.4) is 0 Å². The quantitative estimate of drug-likeness (QED) is 0.752. The van der Waals surface area contributed by atoms with E-state index in [0.717, 1.165) is 23.6 Å². The number of fused-ring (bicyclic) bond motifs is 1. The smallest absolute Gasteiger partial charge is 0.0494 e. The van der Waals surface area contributed by atoms with E-state index in [1.807, 2.05) is 0 Å². The topological polar surface area (TPSA) is 6.48 Å². The minimum absolute atomic E-state index is 0.583. The molecule has 19 heavy (non-hydrogen) atoms. The van der Waals surface area contributed by atoms with E-state index in [-0.39, 0.29) is 0 Å². The second-order valence-corrected chi connectivity index (χ2v) is 6.72. The second-order valence-electron chi connectivity index (χ2n) is 5.54. The van der Waals surface area contributed by atoms with Crippen molar-refractivity contribution in [2.75, 3.05) is 31.1 Å². The first-order valence-electron chi connectivity index (χ1n) is 7.11. The summed E-state index contributed by atoms with van der Waals surface area (Å²) in [4.78, 5) is 5.21. The number of nitrogens with zero attached hydrogens (tertiary/aromatic N) is 2. The van der Waals surface area contributed by atoms with Gasteiger partial charge >= 0.3 is 0 Å². The molecule has 0 N–H and O–H groups in total. The van der Waals surface area contributed by atoms with Crippen LogP contribution < -0.4 is 4.90 Å². The van der Waals surface area contributed by atoms with Crippen molar-refractivity contribution in [1.82, 2.24) is 4.90 Å². The Morgan fingerprint density at radius 3 is 2.89 bits per heavy atom. The number of hydrogen-bond donors (Lipinski definition) is 0. The van der Waals surface area contributed by atoms with Crippen LogP contribution in [0.25, 0.3) is 0 Å². The highest BCUT2D eigenvalue weighted by atomic mass is 79.9. The van der Waals surface area contributed by atoms with Crippen LogP contribution in [-0.4, -0.2) is 37.1 Å². The molecule has 4 heteroatoms. The van der Waals surface area contributed by atoms with Gasteiger partial charge in [0.25, 0.3) is 0 Å². The Labute approximate surface area is 128 Å². The standard InChI is InChI=1S/C15H20BrClN2/c16-13-4-5-15(12(9-13)10-17)19-8-2-7-18-6-1-3-14(18)11-19/h4-5,9,14H,1-3,6-8,10-11H2. The minimum atomic E-state index is 0.583. The maximum Gasteiger partial charge on any atom is 0.0494 e.